The molecule has 2 unspecified atom stereocenters. The predicted molar refractivity (Wildman–Crippen MR) is 138 cm³/mol. The summed E-state index contributed by atoms with van der Waals surface area (Å²) in [6.45, 7) is 10.7. The van der Waals surface area contributed by atoms with Crippen molar-refractivity contribution in [3.05, 3.63) is 70.6 Å². The zero-order valence-corrected chi connectivity index (χ0v) is 21.8. The molecule has 2 heterocycles. The molecular formula is C27H30ClFN4O3. The molecule has 3 aromatic rings. The van der Waals surface area contributed by atoms with Crippen LogP contribution in [0.25, 0.3) is 11.3 Å². The molecular weight excluding hydrogens is 483 g/mol. The van der Waals surface area contributed by atoms with E-state index in [1.54, 1.807) is 39.9 Å². The summed E-state index contributed by atoms with van der Waals surface area (Å²) in [6.07, 6.45) is 1.34. The Morgan fingerprint density at radius 1 is 1.06 bits per heavy atom. The van der Waals surface area contributed by atoms with E-state index in [0.717, 1.165) is 0 Å². The Hall–Kier alpha value is -3.23. The lowest BCUT2D eigenvalue weighted by Gasteiger charge is -2.35. The van der Waals surface area contributed by atoms with Gasteiger partial charge in [0.25, 0.3) is 11.8 Å². The zero-order valence-electron chi connectivity index (χ0n) is 21.0. The van der Waals surface area contributed by atoms with Crippen molar-refractivity contribution in [3.8, 4) is 11.3 Å². The van der Waals surface area contributed by atoms with Crippen LogP contribution in [-0.2, 0) is 10.3 Å². The van der Waals surface area contributed by atoms with E-state index in [1.165, 1.54) is 18.3 Å². The van der Waals surface area contributed by atoms with E-state index in [4.69, 9.17) is 16.3 Å². The molecule has 0 radical (unpaired) electrons. The monoisotopic (exact) mass is 512 g/mol. The Bertz CT molecular complexity index is 1270. The second kappa shape index (κ2) is 10.0. The van der Waals surface area contributed by atoms with Crippen molar-refractivity contribution in [1.29, 1.82) is 0 Å². The summed E-state index contributed by atoms with van der Waals surface area (Å²) in [5, 5.41) is 7.62. The lowest BCUT2D eigenvalue weighted by atomic mass is 10.0. The first kappa shape index (κ1) is 25.9. The number of halogens is 2. The number of hydrogen-bond donors (Lipinski definition) is 1. The molecule has 4 rings (SSSR count). The number of morpholine rings is 1. The molecule has 0 spiro atoms. The minimum absolute atomic E-state index is 0.0800. The average Bonchev–Trinajstić information content (AvgIpc) is 3.26. The van der Waals surface area contributed by atoms with Crippen LogP contribution in [0.2, 0.25) is 5.02 Å². The Labute approximate surface area is 215 Å². The van der Waals surface area contributed by atoms with Gasteiger partial charge in [-0.25, -0.2) is 4.39 Å². The van der Waals surface area contributed by atoms with E-state index in [1.807, 2.05) is 34.6 Å². The molecule has 1 N–H and O–H groups in total. The van der Waals surface area contributed by atoms with Crippen LogP contribution in [0.3, 0.4) is 0 Å². The Kier molecular flexibility index (Phi) is 7.20. The van der Waals surface area contributed by atoms with E-state index in [0.29, 0.717) is 46.2 Å². The van der Waals surface area contributed by atoms with Gasteiger partial charge in [-0.05, 0) is 77.1 Å². The number of aromatic nitrogens is 2. The van der Waals surface area contributed by atoms with Crippen LogP contribution in [0.5, 0.6) is 0 Å². The summed E-state index contributed by atoms with van der Waals surface area (Å²) < 4.78 is 21.0. The van der Waals surface area contributed by atoms with Crippen LogP contribution in [0, 0.1) is 5.82 Å². The van der Waals surface area contributed by atoms with Gasteiger partial charge in [0.2, 0.25) is 0 Å². The van der Waals surface area contributed by atoms with E-state index >= 15 is 0 Å². The zero-order chi connectivity index (χ0) is 26.2. The van der Waals surface area contributed by atoms with Crippen molar-refractivity contribution in [2.75, 3.05) is 18.4 Å². The van der Waals surface area contributed by atoms with Crippen molar-refractivity contribution in [3.63, 3.8) is 0 Å². The quantitative estimate of drug-likeness (QED) is 0.493. The van der Waals surface area contributed by atoms with Gasteiger partial charge in [0, 0.05) is 24.3 Å². The smallest absolute Gasteiger partial charge is 0.259 e. The topological polar surface area (TPSA) is 76.5 Å². The first-order valence-corrected chi connectivity index (χ1v) is 12.2. The Morgan fingerprint density at radius 3 is 2.31 bits per heavy atom. The SMILES string of the molecule is CC1CN(C(=O)c2cc(NC(=O)c3cnn(C(C)(C)C)c3-c3ccc(F)cc3)ccc2Cl)CC(C)O1. The number of amides is 2. The van der Waals surface area contributed by atoms with Crippen LogP contribution < -0.4 is 5.32 Å². The molecule has 7 nitrogen and oxygen atoms in total. The Morgan fingerprint density at radius 2 is 1.69 bits per heavy atom. The average molecular weight is 513 g/mol. The molecule has 2 aromatic carbocycles. The molecule has 2 amide bonds. The third-order valence-corrected chi connectivity index (χ3v) is 6.26. The van der Waals surface area contributed by atoms with Gasteiger partial charge >= 0.3 is 0 Å². The van der Waals surface area contributed by atoms with Gasteiger partial charge in [-0.1, -0.05) is 11.6 Å². The number of carbonyl (C=O) groups excluding carboxylic acids is 2. The maximum atomic E-state index is 13.6. The highest BCUT2D eigenvalue weighted by Gasteiger charge is 2.29. The first-order valence-electron chi connectivity index (χ1n) is 11.8. The molecule has 1 aromatic heterocycles. The predicted octanol–water partition coefficient (Wildman–Crippen LogP) is 5.60. The van der Waals surface area contributed by atoms with Crippen LogP contribution in [0.1, 0.15) is 55.3 Å². The van der Waals surface area contributed by atoms with Gasteiger partial charge < -0.3 is 15.0 Å². The highest BCUT2D eigenvalue weighted by Crippen LogP contribution is 2.30. The normalized spacial score (nSPS) is 18.2. The van der Waals surface area contributed by atoms with Crippen LogP contribution in [0.15, 0.2) is 48.7 Å². The van der Waals surface area contributed by atoms with Crippen molar-refractivity contribution in [2.24, 2.45) is 0 Å². The van der Waals surface area contributed by atoms with Gasteiger partial charge in [0.1, 0.15) is 5.82 Å². The second-order valence-electron chi connectivity index (χ2n) is 10.1. The summed E-state index contributed by atoms with van der Waals surface area (Å²) in [7, 11) is 0. The molecule has 0 saturated carbocycles. The molecule has 1 aliphatic rings. The molecule has 9 heteroatoms. The summed E-state index contributed by atoms with van der Waals surface area (Å²) in [5.41, 5.74) is 1.87. The Balaban J connectivity index is 1.64. The largest absolute Gasteiger partial charge is 0.372 e. The van der Waals surface area contributed by atoms with Crippen LogP contribution >= 0.6 is 11.6 Å². The molecule has 0 aliphatic carbocycles. The third-order valence-electron chi connectivity index (χ3n) is 5.93. The van der Waals surface area contributed by atoms with Gasteiger partial charge in [-0.2, -0.15) is 5.10 Å². The van der Waals surface area contributed by atoms with Crippen molar-refractivity contribution < 1.29 is 18.7 Å². The fourth-order valence-corrected chi connectivity index (χ4v) is 4.59. The fraction of sp³-hybridized carbons (Fsp3) is 0.370. The van der Waals surface area contributed by atoms with Crippen molar-refractivity contribution in [2.45, 2.75) is 52.4 Å². The van der Waals surface area contributed by atoms with Gasteiger partial charge in [0.15, 0.2) is 0 Å². The summed E-state index contributed by atoms with van der Waals surface area (Å²) in [4.78, 5) is 28.3. The van der Waals surface area contributed by atoms with E-state index in [9.17, 15) is 14.0 Å². The number of rotatable bonds is 4. The van der Waals surface area contributed by atoms with E-state index in [2.05, 4.69) is 10.4 Å². The number of nitrogens with one attached hydrogen (secondary N) is 1. The summed E-state index contributed by atoms with van der Waals surface area (Å²) in [5.74, 6) is -0.987. The van der Waals surface area contributed by atoms with Gasteiger partial charge in [-0.3, -0.25) is 14.3 Å². The van der Waals surface area contributed by atoms with Crippen molar-refractivity contribution >= 4 is 29.1 Å². The fourth-order valence-electron chi connectivity index (χ4n) is 4.39. The molecule has 2 atom stereocenters. The molecule has 1 saturated heterocycles. The highest BCUT2D eigenvalue weighted by molar-refractivity contribution is 6.34. The minimum atomic E-state index is -0.422. The van der Waals surface area contributed by atoms with Gasteiger partial charge in [0.05, 0.1) is 45.8 Å². The number of ether oxygens (including phenoxy) is 1. The van der Waals surface area contributed by atoms with Crippen molar-refractivity contribution in [1.82, 2.24) is 14.7 Å². The van der Waals surface area contributed by atoms with Gasteiger partial charge in [-0.15, -0.1) is 0 Å². The van der Waals surface area contributed by atoms with Crippen LogP contribution in [-0.4, -0.2) is 51.8 Å². The summed E-state index contributed by atoms with van der Waals surface area (Å²) >= 11 is 6.37. The molecule has 1 fully saturated rings. The molecule has 190 valence electrons. The molecule has 0 bridgehead atoms. The number of carbonyl (C=O) groups is 2. The van der Waals surface area contributed by atoms with Crippen LogP contribution in [0.4, 0.5) is 10.1 Å². The number of hydrogen-bond acceptors (Lipinski definition) is 4. The lowest BCUT2D eigenvalue weighted by Crippen LogP contribution is -2.48. The maximum absolute atomic E-state index is 13.6. The maximum Gasteiger partial charge on any atom is 0.259 e. The first-order chi connectivity index (χ1) is 16.9. The molecule has 1 aliphatic heterocycles. The minimum Gasteiger partial charge on any atom is -0.372 e. The standard InChI is InChI=1S/C27H30ClFN4O3/c1-16-14-32(15-17(2)36-16)26(35)21-12-20(10-11-23(21)28)31-25(34)22-13-30-33(27(3,4)5)24(22)18-6-8-19(29)9-7-18/h6-13,16-17H,14-15H2,1-5H3,(H,31,34). The third kappa shape index (κ3) is 5.44. The number of benzene rings is 2. The highest BCUT2D eigenvalue weighted by atomic mass is 35.5. The summed E-state index contributed by atoms with van der Waals surface area (Å²) in [6, 6.07) is 10.8. The molecule has 36 heavy (non-hydrogen) atoms. The number of anilines is 1. The lowest BCUT2D eigenvalue weighted by molar-refractivity contribution is -0.0586. The second-order valence-corrected chi connectivity index (χ2v) is 10.5. The van der Waals surface area contributed by atoms with E-state index < -0.39 is 11.4 Å². The number of nitrogens with zero attached hydrogens (tertiary/aromatic N) is 3. The van der Waals surface area contributed by atoms with E-state index in [-0.39, 0.29) is 23.9 Å².